The van der Waals surface area contributed by atoms with Crippen molar-refractivity contribution >= 4 is 34.5 Å². The first-order valence-electron chi connectivity index (χ1n) is 10.9. The lowest BCUT2D eigenvalue weighted by Gasteiger charge is -2.37. The largest absolute Gasteiger partial charge is 0.339 e. The number of carbonyl (C=O) groups excluding carboxylic acids is 2. The molecule has 1 fully saturated rings. The van der Waals surface area contributed by atoms with Crippen LogP contribution in [0.5, 0.6) is 0 Å². The number of benzene rings is 1. The summed E-state index contributed by atoms with van der Waals surface area (Å²) >= 11 is 3.05. The van der Waals surface area contributed by atoms with Crippen molar-refractivity contribution in [3.05, 3.63) is 63.8 Å². The summed E-state index contributed by atoms with van der Waals surface area (Å²) in [6.07, 6.45) is 0. The highest BCUT2D eigenvalue weighted by Crippen LogP contribution is 2.24. The molecule has 6 nitrogen and oxygen atoms in total. The zero-order valence-corrected chi connectivity index (χ0v) is 20.0. The van der Waals surface area contributed by atoms with E-state index in [1.54, 1.807) is 17.4 Å². The summed E-state index contributed by atoms with van der Waals surface area (Å²) in [5.74, 6) is -0.149. The van der Waals surface area contributed by atoms with Gasteiger partial charge in [-0.25, -0.2) is 4.98 Å². The molecule has 0 radical (unpaired) electrons. The Bertz CT molecular complexity index is 1030. The third-order valence-electron chi connectivity index (χ3n) is 5.61. The number of aromatic nitrogens is 1. The molecule has 1 saturated heterocycles. The molecule has 3 heterocycles. The van der Waals surface area contributed by atoms with E-state index in [-0.39, 0.29) is 17.7 Å². The van der Waals surface area contributed by atoms with Crippen molar-refractivity contribution in [2.24, 2.45) is 5.92 Å². The number of piperazine rings is 1. The van der Waals surface area contributed by atoms with Crippen molar-refractivity contribution in [1.29, 1.82) is 0 Å². The minimum atomic E-state index is -0.511. The monoisotopic (exact) mass is 468 g/mol. The first-order chi connectivity index (χ1) is 15.5. The van der Waals surface area contributed by atoms with E-state index in [0.717, 1.165) is 35.9 Å². The first-order valence-corrected chi connectivity index (χ1v) is 12.6. The molecule has 32 heavy (non-hydrogen) atoms. The molecule has 4 rings (SSSR count). The second kappa shape index (κ2) is 10.4. The van der Waals surface area contributed by atoms with Gasteiger partial charge < -0.3 is 10.2 Å². The molecular formula is C24H28N4O2S2. The molecule has 168 valence electrons. The molecule has 1 unspecified atom stereocenters. The highest BCUT2D eigenvalue weighted by atomic mass is 32.1. The Labute approximate surface area is 196 Å². The minimum absolute atomic E-state index is 0.00424. The highest BCUT2D eigenvalue weighted by molar-refractivity contribution is 7.13. The Morgan fingerprint density at radius 2 is 1.78 bits per heavy atom. The standard InChI is InChI=1S/C24H28N4O2S2/c1-17(2)21(26-22(29)20-9-6-14-31-20)24(30)28-12-10-27(11-13-28)15-19-16-32-23(25-19)18-7-4-3-5-8-18/h3-9,14,16-17,21H,10-13,15H2,1-2H3,(H,26,29). The van der Waals surface area contributed by atoms with E-state index in [1.807, 2.05) is 48.4 Å². The number of amides is 2. The second-order valence-electron chi connectivity index (χ2n) is 8.28. The van der Waals surface area contributed by atoms with E-state index in [2.05, 4.69) is 27.7 Å². The summed E-state index contributed by atoms with van der Waals surface area (Å²) in [5.41, 5.74) is 2.21. The molecule has 2 aromatic heterocycles. The molecular weight excluding hydrogens is 440 g/mol. The summed E-state index contributed by atoms with van der Waals surface area (Å²) in [7, 11) is 0. The topological polar surface area (TPSA) is 65.5 Å². The van der Waals surface area contributed by atoms with Crippen LogP contribution < -0.4 is 5.32 Å². The fourth-order valence-corrected chi connectivity index (χ4v) is 5.22. The molecule has 0 spiro atoms. The SMILES string of the molecule is CC(C)C(NC(=O)c1cccs1)C(=O)N1CCN(Cc2csc(-c3ccccc3)n2)CC1. The number of nitrogens with zero attached hydrogens (tertiary/aromatic N) is 3. The number of hydrogen-bond acceptors (Lipinski definition) is 6. The van der Waals surface area contributed by atoms with Crippen LogP contribution in [0.4, 0.5) is 0 Å². The van der Waals surface area contributed by atoms with E-state index in [1.165, 1.54) is 11.3 Å². The van der Waals surface area contributed by atoms with Crippen LogP contribution in [0.3, 0.4) is 0 Å². The van der Waals surface area contributed by atoms with Gasteiger partial charge in [-0.15, -0.1) is 22.7 Å². The van der Waals surface area contributed by atoms with E-state index in [9.17, 15) is 9.59 Å². The van der Waals surface area contributed by atoms with Crippen LogP contribution in [0, 0.1) is 5.92 Å². The first kappa shape index (κ1) is 22.6. The van der Waals surface area contributed by atoms with Gasteiger partial charge in [0, 0.05) is 43.7 Å². The molecule has 1 aliphatic heterocycles. The molecule has 1 aliphatic rings. The zero-order valence-electron chi connectivity index (χ0n) is 18.4. The molecule has 2 amide bonds. The average molecular weight is 469 g/mol. The van der Waals surface area contributed by atoms with Gasteiger partial charge in [-0.2, -0.15) is 0 Å². The molecule has 0 bridgehead atoms. The fourth-order valence-electron chi connectivity index (χ4n) is 3.78. The van der Waals surface area contributed by atoms with E-state index in [0.29, 0.717) is 18.0 Å². The van der Waals surface area contributed by atoms with Crippen molar-refractivity contribution in [3.8, 4) is 10.6 Å². The maximum Gasteiger partial charge on any atom is 0.262 e. The summed E-state index contributed by atoms with van der Waals surface area (Å²) in [6.45, 7) is 7.65. The van der Waals surface area contributed by atoms with E-state index < -0.39 is 6.04 Å². The van der Waals surface area contributed by atoms with Crippen molar-refractivity contribution in [1.82, 2.24) is 20.1 Å². The number of carbonyl (C=O) groups is 2. The quantitative estimate of drug-likeness (QED) is 0.570. The van der Waals surface area contributed by atoms with Gasteiger partial charge in [0.05, 0.1) is 10.6 Å². The third-order valence-corrected chi connectivity index (χ3v) is 7.42. The Hall–Kier alpha value is -2.55. The van der Waals surface area contributed by atoms with Gasteiger partial charge in [0.25, 0.3) is 5.91 Å². The van der Waals surface area contributed by atoms with Gasteiger partial charge in [0.2, 0.25) is 5.91 Å². The van der Waals surface area contributed by atoms with E-state index in [4.69, 9.17) is 4.98 Å². The van der Waals surface area contributed by atoms with Gasteiger partial charge in [-0.05, 0) is 17.4 Å². The fraction of sp³-hybridized carbons (Fsp3) is 0.375. The van der Waals surface area contributed by atoms with Crippen LogP contribution in [0.15, 0.2) is 53.2 Å². The predicted octanol–water partition coefficient (Wildman–Crippen LogP) is 3.97. The zero-order chi connectivity index (χ0) is 22.5. The van der Waals surface area contributed by atoms with Gasteiger partial charge in [0.15, 0.2) is 0 Å². The van der Waals surface area contributed by atoms with Gasteiger partial charge in [0.1, 0.15) is 11.0 Å². The summed E-state index contributed by atoms with van der Waals surface area (Å²) < 4.78 is 0. The lowest BCUT2D eigenvalue weighted by molar-refractivity contribution is -0.136. The number of nitrogens with one attached hydrogen (secondary N) is 1. The Kier molecular flexibility index (Phi) is 7.34. The molecule has 1 N–H and O–H groups in total. The minimum Gasteiger partial charge on any atom is -0.339 e. The normalized spacial score (nSPS) is 15.7. The lowest BCUT2D eigenvalue weighted by Crippen LogP contribution is -2.56. The van der Waals surface area contributed by atoms with E-state index >= 15 is 0 Å². The molecule has 0 aliphatic carbocycles. The smallest absolute Gasteiger partial charge is 0.262 e. The number of rotatable bonds is 7. The van der Waals surface area contributed by atoms with Crippen LogP contribution in [-0.2, 0) is 11.3 Å². The molecule has 3 aromatic rings. The number of thiophene rings is 1. The third kappa shape index (κ3) is 5.43. The Balaban J connectivity index is 1.31. The van der Waals surface area contributed by atoms with Crippen molar-refractivity contribution < 1.29 is 9.59 Å². The number of thiazole rings is 1. The molecule has 1 atom stereocenters. The Morgan fingerprint density at radius 1 is 1.03 bits per heavy atom. The molecule has 1 aromatic carbocycles. The summed E-state index contributed by atoms with van der Waals surface area (Å²) in [4.78, 5) is 35.3. The highest BCUT2D eigenvalue weighted by Gasteiger charge is 2.31. The van der Waals surface area contributed by atoms with Gasteiger partial charge in [-0.3, -0.25) is 14.5 Å². The maximum absolute atomic E-state index is 13.2. The van der Waals surface area contributed by atoms with Crippen molar-refractivity contribution in [2.45, 2.75) is 26.4 Å². The van der Waals surface area contributed by atoms with Gasteiger partial charge >= 0.3 is 0 Å². The van der Waals surface area contributed by atoms with Crippen LogP contribution >= 0.6 is 22.7 Å². The van der Waals surface area contributed by atoms with Crippen LogP contribution in [0.1, 0.15) is 29.2 Å². The second-order valence-corrected chi connectivity index (χ2v) is 10.1. The van der Waals surface area contributed by atoms with Crippen LogP contribution in [0.2, 0.25) is 0 Å². The lowest BCUT2D eigenvalue weighted by atomic mass is 10.0. The average Bonchev–Trinajstić information content (AvgIpc) is 3.50. The van der Waals surface area contributed by atoms with Gasteiger partial charge in [-0.1, -0.05) is 50.2 Å². The number of hydrogen-bond donors (Lipinski definition) is 1. The van der Waals surface area contributed by atoms with Crippen molar-refractivity contribution in [2.75, 3.05) is 26.2 Å². The Morgan fingerprint density at radius 3 is 2.44 bits per heavy atom. The van der Waals surface area contributed by atoms with Crippen LogP contribution in [-0.4, -0.2) is 58.8 Å². The molecule has 0 saturated carbocycles. The molecule has 8 heteroatoms. The van der Waals surface area contributed by atoms with Crippen LogP contribution in [0.25, 0.3) is 10.6 Å². The summed E-state index contributed by atoms with van der Waals surface area (Å²) in [6, 6.07) is 13.3. The summed E-state index contributed by atoms with van der Waals surface area (Å²) in [5, 5.41) is 7.97. The van der Waals surface area contributed by atoms with Crippen molar-refractivity contribution in [3.63, 3.8) is 0 Å². The maximum atomic E-state index is 13.2. The predicted molar refractivity (Wildman–Crippen MR) is 130 cm³/mol.